The Kier molecular flexibility index (Phi) is 6.30. The minimum Gasteiger partial charge on any atom is -0.0988 e. The summed E-state index contributed by atoms with van der Waals surface area (Å²) >= 11 is 0. The van der Waals surface area contributed by atoms with E-state index in [2.05, 4.69) is 20.1 Å². The van der Waals surface area contributed by atoms with Crippen molar-refractivity contribution in [3.8, 4) is 0 Å². The topological polar surface area (TPSA) is 0 Å². The van der Waals surface area contributed by atoms with E-state index < -0.39 is 0 Å². The molecular formula is C13H22. The van der Waals surface area contributed by atoms with Gasteiger partial charge in [-0.25, -0.2) is 0 Å². The SMILES string of the molecule is C=CC1=C(C=C)CC(C)CC1.CC. The van der Waals surface area contributed by atoms with E-state index in [9.17, 15) is 0 Å². The Morgan fingerprint density at radius 1 is 1.15 bits per heavy atom. The Morgan fingerprint density at radius 3 is 2.15 bits per heavy atom. The number of hydrogen-bond acceptors (Lipinski definition) is 0. The lowest BCUT2D eigenvalue weighted by atomic mass is 9.85. The van der Waals surface area contributed by atoms with Crippen molar-refractivity contribution < 1.29 is 0 Å². The predicted octanol–water partition coefficient (Wildman–Crippen LogP) is 4.50. The van der Waals surface area contributed by atoms with Crippen molar-refractivity contribution in [2.75, 3.05) is 0 Å². The van der Waals surface area contributed by atoms with Crippen molar-refractivity contribution in [3.05, 3.63) is 36.5 Å². The van der Waals surface area contributed by atoms with Crippen molar-refractivity contribution >= 4 is 0 Å². The van der Waals surface area contributed by atoms with Gasteiger partial charge in [0.25, 0.3) is 0 Å². The van der Waals surface area contributed by atoms with Crippen LogP contribution >= 0.6 is 0 Å². The Hall–Kier alpha value is -0.780. The molecule has 74 valence electrons. The molecule has 0 aromatic heterocycles. The van der Waals surface area contributed by atoms with Crippen LogP contribution in [-0.4, -0.2) is 0 Å². The zero-order valence-corrected chi connectivity index (χ0v) is 9.27. The predicted molar refractivity (Wildman–Crippen MR) is 61.8 cm³/mol. The van der Waals surface area contributed by atoms with E-state index in [0.717, 1.165) is 5.92 Å². The Labute approximate surface area is 83.0 Å². The van der Waals surface area contributed by atoms with Crippen molar-refractivity contribution in [2.24, 2.45) is 5.92 Å². The molecule has 0 heterocycles. The van der Waals surface area contributed by atoms with Gasteiger partial charge in [-0.05, 0) is 36.3 Å². The number of rotatable bonds is 2. The van der Waals surface area contributed by atoms with Crippen LogP contribution in [0.25, 0.3) is 0 Å². The average Bonchev–Trinajstić information content (AvgIpc) is 2.20. The number of hydrogen-bond donors (Lipinski definition) is 0. The van der Waals surface area contributed by atoms with Crippen LogP contribution in [0.1, 0.15) is 40.0 Å². The lowest BCUT2D eigenvalue weighted by Gasteiger charge is -2.20. The van der Waals surface area contributed by atoms with Crippen molar-refractivity contribution in [1.29, 1.82) is 0 Å². The first kappa shape index (κ1) is 12.2. The molecule has 0 N–H and O–H groups in total. The summed E-state index contributed by atoms with van der Waals surface area (Å²) in [5.41, 5.74) is 2.80. The molecule has 0 saturated heterocycles. The largest absolute Gasteiger partial charge is 0.0988 e. The van der Waals surface area contributed by atoms with Gasteiger partial charge in [-0.15, -0.1) is 0 Å². The third-order valence-corrected chi connectivity index (χ3v) is 2.38. The highest BCUT2D eigenvalue weighted by Crippen LogP contribution is 2.29. The van der Waals surface area contributed by atoms with Gasteiger partial charge in [-0.2, -0.15) is 0 Å². The van der Waals surface area contributed by atoms with Crippen molar-refractivity contribution in [2.45, 2.75) is 40.0 Å². The maximum absolute atomic E-state index is 3.81. The minimum absolute atomic E-state index is 0.826. The molecule has 0 spiro atoms. The fourth-order valence-electron chi connectivity index (χ4n) is 1.62. The second-order valence-corrected chi connectivity index (χ2v) is 3.31. The van der Waals surface area contributed by atoms with E-state index in [1.54, 1.807) is 0 Å². The molecule has 0 bridgehead atoms. The van der Waals surface area contributed by atoms with Gasteiger partial charge in [0.1, 0.15) is 0 Å². The molecule has 1 atom stereocenters. The fourth-order valence-corrected chi connectivity index (χ4v) is 1.62. The van der Waals surface area contributed by atoms with E-state index in [1.807, 2.05) is 26.0 Å². The Morgan fingerprint density at radius 2 is 1.69 bits per heavy atom. The third kappa shape index (κ3) is 3.63. The number of allylic oxidation sites excluding steroid dienone is 4. The van der Waals surface area contributed by atoms with Gasteiger partial charge in [0.15, 0.2) is 0 Å². The summed E-state index contributed by atoms with van der Waals surface area (Å²) in [6.07, 6.45) is 7.63. The van der Waals surface area contributed by atoms with Gasteiger partial charge in [0, 0.05) is 0 Å². The lowest BCUT2D eigenvalue weighted by Crippen LogP contribution is -2.04. The molecule has 0 amide bonds. The highest BCUT2D eigenvalue weighted by molar-refractivity contribution is 5.33. The van der Waals surface area contributed by atoms with Crippen LogP contribution in [0.2, 0.25) is 0 Å². The van der Waals surface area contributed by atoms with Gasteiger partial charge in [0.05, 0.1) is 0 Å². The average molecular weight is 178 g/mol. The summed E-state index contributed by atoms with van der Waals surface area (Å²) < 4.78 is 0. The summed E-state index contributed by atoms with van der Waals surface area (Å²) in [4.78, 5) is 0. The third-order valence-electron chi connectivity index (χ3n) is 2.38. The maximum Gasteiger partial charge on any atom is -0.0250 e. The molecule has 1 aliphatic carbocycles. The monoisotopic (exact) mass is 178 g/mol. The normalized spacial score (nSPS) is 21.6. The molecule has 0 radical (unpaired) electrons. The second-order valence-electron chi connectivity index (χ2n) is 3.31. The van der Waals surface area contributed by atoms with E-state index in [1.165, 1.54) is 30.4 Å². The van der Waals surface area contributed by atoms with Crippen LogP contribution in [0.4, 0.5) is 0 Å². The van der Waals surface area contributed by atoms with Gasteiger partial charge >= 0.3 is 0 Å². The summed E-state index contributed by atoms with van der Waals surface area (Å²) in [6.45, 7) is 13.9. The van der Waals surface area contributed by atoms with Crippen LogP contribution in [0.15, 0.2) is 36.5 Å². The molecule has 0 heteroatoms. The highest BCUT2D eigenvalue weighted by Gasteiger charge is 2.13. The van der Waals surface area contributed by atoms with E-state index in [0.29, 0.717) is 0 Å². The fraction of sp³-hybridized carbons (Fsp3) is 0.538. The molecule has 1 rings (SSSR count). The standard InChI is InChI=1S/C11H16.C2H6/c1-4-10-7-6-9(3)8-11(10)5-2;1-2/h4-5,9H,1-2,6-8H2,3H3;1-2H3. The smallest absolute Gasteiger partial charge is 0.0250 e. The zero-order chi connectivity index (χ0) is 10.3. The molecule has 0 aliphatic heterocycles. The first-order chi connectivity index (χ1) is 6.27. The van der Waals surface area contributed by atoms with Crippen LogP contribution in [0, 0.1) is 5.92 Å². The van der Waals surface area contributed by atoms with Gasteiger partial charge < -0.3 is 0 Å². The summed E-state index contributed by atoms with van der Waals surface area (Å²) in [5.74, 6) is 0.826. The lowest BCUT2D eigenvalue weighted by molar-refractivity contribution is 0.507. The molecule has 0 saturated carbocycles. The van der Waals surface area contributed by atoms with Crippen molar-refractivity contribution in [1.82, 2.24) is 0 Å². The Balaban J connectivity index is 0.000000671. The molecule has 0 aromatic rings. The zero-order valence-electron chi connectivity index (χ0n) is 9.27. The summed E-state index contributed by atoms with van der Waals surface area (Å²) in [6, 6.07) is 0. The molecule has 0 fully saturated rings. The first-order valence-corrected chi connectivity index (χ1v) is 5.24. The highest BCUT2D eigenvalue weighted by atomic mass is 14.2. The Bertz CT molecular complexity index is 196. The summed E-state index contributed by atoms with van der Waals surface area (Å²) in [5, 5.41) is 0. The van der Waals surface area contributed by atoms with Gasteiger partial charge in [-0.1, -0.05) is 46.1 Å². The van der Waals surface area contributed by atoms with E-state index >= 15 is 0 Å². The van der Waals surface area contributed by atoms with Gasteiger partial charge in [0.2, 0.25) is 0 Å². The molecule has 0 nitrogen and oxygen atoms in total. The molecule has 13 heavy (non-hydrogen) atoms. The van der Waals surface area contributed by atoms with Gasteiger partial charge in [-0.3, -0.25) is 0 Å². The quantitative estimate of drug-likeness (QED) is 0.584. The maximum atomic E-state index is 3.81. The minimum atomic E-state index is 0.826. The molecular weight excluding hydrogens is 156 g/mol. The van der Waals surface area contributed by atoms with E-state index in [-0.39, 0.29) is 0 Å². The van der Waals surface area contributed by atoms with Crippen molar-refractivity contribution in [3.63, 3.8) is 0 Å². The molecule has 0 aromatic carbocycles. The van der Waals surface area contributed by atoms with Crippen LogP contribution in [0.5, 0.6) is 0 Å². The van der Waals surface area contributed by atoms with Crippen LogP contribution < -0.4 is 0 Å². The molecule has 1 unspecified atom stereocenters. The molecule has 1 aliphatic rings. The van der Waals surface area contributed by atoms with Crippen LogP contribution in [0.3, 0.4) is 0 Å². The second kappa shape index (κ2) is 6.71. The van der Waals surface area contributed by atoms with Crippen LogP contribution in [-0.2, 0) is 0 Å². The van der Waals surface area contributed by atoms with E-state index in [4.69, 9.17) is 0 Å². The first-order valence-electron chi connectivity index (χ1n) is 5.24. The summed E-state index contributed by atoms with van der Waals surface area (Å²) in [7, 11) is 0.